The van der Waals surface area contributed by atoms with Crippen molar-refractivity contribution in [3.63, 3.8) is 0 Å². The highest BCUT2D eigenvalue weighted by atomic mass is 35.5. The van der Waals surface area contributed by atoms with Gasteiger partial charge < -0.3 is 26.2 Å². The lowest BCUT2D eigenvalue weighted by Gasteiger charge is -2.13. The maximum absolute atomic E-state index is 13.3. The Labute approximate surface area is 184 Å². The maximum atomic E-state index is 13.3. The quantitative estimate of drug-likeness (QED) is 0.493. The molecule has 0 unspecified atom stereocenters. The molecule has 3 rings (SSSR count). The molecule has 0 spiro atoms. The summed E-state index contributed by atoms with van der Waals surface area (Å²) in [5.74, 6) is 0.474. The number of nitrogens with one attached hydrogen (secondary N) is 2. The largest absolute Gasteiger partial charge is 0.487 e. The zero-order valence-corrected chi connectivity index (χ0v) is 17.4. The van der Waals surface area contributed by atoms with Gasteiger partial charge in [0.2, 0.25) is 0 Å². The van der Waals surface area contributed by atoms with Gasteiger partial charge in [-0.1, -0.05) is 36.4 Å². The summed E-state index contributed by atoms with van der Waals surface area (Å²) in [6.45, 7) is 3.73. The number of nitrogens with zero attached hydrogens (tertiary/aromatic N) is 1. The normalized spacial score (nSPS) is 16.2. The summed E-state index contributed by atoms with van der Waals surface area (Å²) < 4.78 is 19.0. The molecule has 8 heteroatoms. The van der Waals surface area contributed by atoms with Crippen molar-refractivity contribution < 1.29 is 14.2 Å². The average Bonchev–Trinajstić information content (AvgIpc) is 3.15. The molecule has 5 N–H and O–H groups in total. The number of benzene rings is 2. The van der Waals surface area contributed by atoms with Crippen LogP contribution in [0.15, 0.2) is 95.7 Å². The van der Waals surface area contributed by atoms with Crippen molar-refractivity contribution in [2.24, 2.45) is 10.7 Å². The molecule has 0 radical (unpaired) electrons. The second kappa shape index (κ2) is 10.5. The maximum Gasteiger partial charge on any atom is 0.138 e. The highest BCUT2D eigenvalue weighted by Crippen LogP contribution is 2.29. The van der Waals surface area contributed by atoms with Crippen LogP contribution in [-0.2, 0) is 6.61 Å². The fourth-order valence-electron chi connectivity index (χ4n) is 2.84. The highest BCUT2D eigenvalue weighted by molar-refractivity contribution is 6.32. The minimum absolute atomic E-state index is 0.0775. The van der Waals surface area contributed by atoms with Crippen LogP contribution in [-0.4, -0.2) is 17.4 Å². The lowest BCUT2D eigenvalue weighted by Crippen LogP contribution is -2.21. The number of hydrogen-bond acceptors (Lipinski definition) is 6. The summed E-state index contributed by atoms with van der Waals surface area (Å²) in [4.78, 5) is 4.21. The van der Waals surface area contributed by atoms with E-state index < -0.39 is 0 Å². The number of aliphatic imine (C=N–C) groups is 1. The third-order valence-corrected chi connectivity index (χ3v) is 4.51. The van der Waals surface area contributed by atoms with E-state index in [0.29, 0.717) is 39.3 Å². The van der Waals surface area contributed by atoms with Crippen LogP contribution in [0.3, 0.4) is 0 Å². The van der Waals surface area contributed by atoms with Crippen LogP contribution in [0, 0.1) is 5.82 Å². The van der Waals surface area contributed by atoms with Crippen molar-refractivity contribution in [2.45, 2.75) is 6.61 Å². The molecule has 160 valence electrons. The van der Waals surface area contributed by atoms with Gasteiger partial charge in [-0.05, 0) is 48.0 Å². The first-order valence-corrected chi connectivity index (χ1v) is 9.76. The fraction of sp³-hybridized carbons (Fsp3) is 0.0870. The van der Waals surface area contributed by atoms with Crippen LogP contribution >= 0.6 is 11.6 Å². The van der Waals surface area contributed by atoms with Crippen molar-refractivity contribution in [3.8, 4) is 5.75 Å². The molecule has 6 nitrogen and oxygen atoms in total. The van der Waals surface area contributed by atoms with Gasteiger partial charge in [0.25, 0.3) is 0 Å². The molecule has 2 aromatic rings. The van der Waals surface area contributed by atoms with E-state index >= 15 is 0 Å². The van der Waals surface area contributed by atoms with Crippen LogP contribution in [0.1, 0.15) is 5.56 Å². The summed E-state index contributed by atoms with van der Waals surface area (Å²) in [5, 5.41) is 15.6. The highest BCUT2D eigenvalue weighted by Gasteiger charge is 2.18. The van der Waals surface area contributed by atoms with E-state index in [-0.39, 0.29) is 19.0 Å². The molecular formula is C23H22ClFN4O2. The summed E-state index contributed by atoms with van der Waals surface area (Å²) in [6, 6.07) is 11.3. The Morgan fingerprint density at radius 1 is 1.32 bits per heavy atom. The molecule has 0 atom stereocenters. The fourth-order valence-corrected chi connectivity index (χ4v) is 3.08. The van der Waals surface area contributed by atoms with Crippen molar-refractivity contribution >= 4 is 23.0 Å². The van der Waals surface area contributed by atoms with Gasteiger partial charge in [-0.3, -0.25) is 4.99 Å². The topological polar surface area (TPSA) is 91.9 Å². The monoisotopic (exact) mass is 440 g/mol. The number of halogens is 2. The summed E-state index contributed by atoms with van der Waals surface area (Å²) in [5.41, 5.74) is 9.48. The molecule has 0 aliphatic carbocycles. The number of aliphatic hydroxyl groups is 1. The first-order valence-electron chi connectivity index (χ1n) is 9.39. The smallest absolute Gasteiger partial charge is 0.138 e. The third kappa shape index (κ3) is 5.97. The van der Waals surface area contributed by atoms with E-state index in [1.54, 1.807) is 48.6 Å². The minimum Gasteiger partial charge on any atom is -0.487 e. The molecule has 1 aliphatic rings. The van der Waals surface area contributed by atoms with E-state index in [1.807, 2.05) is 0 Å². The average molecular weight is 441 g/mol. The lowest BCUT2D eigenvalue weighted by atomic mass is 10.2. The zero-order chi connectivity index (χ0) is 22.2. The lowest BCUT2D eigenvalue weighted by molar-refractivity contribution is 0.306. The SMILES string of the molecule is C=C/N=C1C=C(/C=C/CO)NC/1=C(/N)Nc1ccc(OCc2cccc(F)c2)c(Cl)c1. The summed E-state index contributed by atoms with van der Waals surface area (Å²) >= 11 is 6.34. The van der Waals surface area contributed by atoms with Gasteiger partial charge in [-0.25, -0.2) is 4.39 Å². The summed E-state index contributed by atoms with van der Waals surface area (Å²) in [6.07, 6.45) is 6.52. The predicted molar refractivity (Wildman–Crippen MR) is 122 cm³/mol. The van der Waals surface area contributed by atoms with Gasteiger partial charge in [0, 0.05) is 17.6 Å². The van der Waals surface area contributed by atoms with Gasteiger partial charge in [-0.2, -0.15) is 0 Å². The molecule has 0 fully saturated rings. The number of aliphatic hydroxyl groups excluding tert-OH is 1. The van der Waals surface area contributed by atoms with Gasteiger partial charge in [0.1, 0.15) is 29.7 Å². The molecular weight excluding hydrogens is 419 g/mol. The Morgan fingerprint density at radius 2 is 2.16 bits per heavy atom. The number of nitrogens with two attached hydrogens (primary N) is 1. The zero-order valence-electron chi connectivity index (χ0n) is 16.6. The van der Waals surface area contributed by atoms with Crippen LogP contribution in [0.4, 0.5) is 10.1 Å². The second-order valence-electron chi connectivity index (χ2n) is 6.48. The van der Waals surface area contributed by atoms with Crippen molar-refractivity contribution in [1.82, 2.24) is 5.32 Å². The Balaban J connectivity index is 1.72. The number of allylic oxidation sites excluding steroid dienone is 2. The van der Waals surface area contributed by atoms with Crippen LogP contribution in [0.2, 0.25) is 5.02 Å². The Kier molecular flexibility index (Phi) is 7.48. The van der Waals surface area contributed by atoms with E-state index in [9.17, 15) is 4.39 Å². The molecule has 1 aliphatic heterocycles. The van der Waals surface area contributed by atoms with Gasteiger partial charge in [0.15, 0.2) is 0 Å². The standard InChI is InChI=1S/C23H22ClFN4O2/c1-2-27-20-13-17(7-4-10-30)28-22(20)23(26)29-18-8-9-21(19(24)12-18)31-14-15-5-3-6-16(25)11-15/h2-9,11-13,28-30H,1,10,14,26H2/b7-4+,23-22-,27-20-. The second-order valence-corrected chi connectivity index (χ2v) is 6.89. The van der Waals surface area contributed by atoms with Crippen molar-refractivity contribution in [3.05, 3.63) is 107 Å². The molecule has 0 saturated carbocycles. The third-order valence-electron chi connectivity index (χ3n) is 4.21. The minimum atomic E-state index is -0.320. The van der Waals surface area contributed by atoms with Gasteiger partial charge >= 0.3 is 0 Å². The Bertz CT molecular complexity index is 1090. The van der Waals surface area contributed by atoms with Crippen molar-refractivity contribution in [2.75, 3.05) is 11.9 Å². The number of hydrogen-bond donors (Lipinski definition) is 4. The molecule has 0 amide bonds. The molecule has 1 heterocycles. The van der Waals surface area contributed by atoms with Gasteiger partial charge in [-0.15, -0.1) is 0 Å². The number of anilines is 1. The van der Waals surface area contributed by atoms with Crippen molar-refractivity contribution in [1.29, 1.82) is 0 Å². The first kappa shape index (κ1) is 22.1. The van der Waals surface area contributed by atoms with E-state index in [2.05, 4.69) is 22.2 Å². The Hall–Kier alpha value is -3.55. The van der Waals surface area contributed by atoms with Crippen LogP contribution < -0.4 is 21.1 Å². The molecule has 2 aromatic carbocycles. The Morgan fingerprint density at radius 3 is 2.87 bits per heavy atom. The number of ether oxygens (including phenoxy) is 1. The summed E-state index contributed by atoms with van der Waals surface area (Å²) in [7, 11) is 0. The molecule has 0 aromatic heterocycles. The van der Waals surface area contributed by atoms with E-state index in [1.165, 1.54) is 18.3 Å². The van der Waals surface area contributed by atoms with E-state index in [0.717, 1.165) is 5.70 Å². The van der Waals surface area contributed by atoms with Gasteiger partial charge in [0.05, 0.1) is 17.3 Å². The first-order chi connectivity index (χ1) is 15.0. The van der Waals surface area contributed by atoms with Crippen LogP contribution in [0.25, 0.3) is 0 Å². The van der Waals surface area contributed by atoms with E-state index in [4.69, 9.17) is 27.2 Å². The molecule has 0 saturated heterocycles. The predicted octanol–water partition coefficient (Wildman–Crippen LogP) is 4.22. The number of rotatable bonds is 8. The van der Waals surface area contributed by atoms with Crippen LogP contribution in [0.5, 0.6) is 5.75 Å². The molecule has 0 bridgehead atoms. The molecule has 31 heavy (non-hydrogen) atoms.